The molecule has 1 aliphatic rings. The summed E-state index contributed by atoms with van der Waals surface area (Å²) in [7, 11) is 2.89. The smallest absolute Gasteiger partial charge is 0.336 e. The number of urea groups is 1. The first-order chi connectivity index (χ1) is 12.2. The molecule has 1 aliphatic heterocycles. The number of aryl methyl sites for hydroxylation is 2. The molecule has 2 heterocycles. The first-order valence-electron chi connectivity index (χ1n) is 8.08. The number of carbonyl (C=O) groups is 3. The second-order valence-electron chi connectivity index (χ2n) is 6.47. The van der Waals surface area contributed by atoms with Gasteiger partial charge >= 0.3 is 11.7 Å². The predicted molar refractivity (Wildman–Crippen MR) is 94.9 cm³/mol. The van der Waals surface area contributed by atoms with Gasteiger partial charge in [-0.1, -0.05) is 0 Å². The molecule has 0 radical (unpaired) electrons. The molecule has 3 rings (SSSR count). The van der Waals surface area contributed by atoms with E-state index in [0.29, 0.717) is 11.3 Å². The molecule has 1 aromatic carbocycles. The lowest BCUT2D eigenvalue weighted by Crippen LogP contribution is -2.35. The lowest BCUT2D eigenvalue weighted by atomic mass is 10.1. The number of rotatable bonds is 3. The molecule has 0 saturated carbocycles. The summed E-state index contributed by atoms with van der Waals surface area (Å²) in [5.74, 6) is -0.781. The van der Waals surface area contributed by atoms with Gasteiger partial charge < -0.3 is 14.6 Å². The SMILES string of the molecule is Cc1cc2oc(=O)cc(C)c2cc1NC(=O)CC1C(=O)N(C)C(=O)N1C. The fraction of sp³-hybridized carbons (Fsp3) is 0.333. The zero-order chi connectivity index (χ0) is 19.2. The normalized spacial score (nSPS) is 17.3. The van der Waals surface area contributed by atoms with Crippen molar-refractivity contribution in [3.63, 3.8) is 0 Å². The molecule has 0 bridgehead atoms. The van der Waals surface area contributed by atoms with Crippen LogP contribution in [0.15, 0.2) is 27.4 Å². The molecule has 136 valence electrons. The molecule has 8 nitrogen and oxygen atoms in total. The van der Waals surface area contributed by atoms with E-state index in [4.69, 9.17) is 4.42 Å². The van der Waals surface area contributed by atoms with E-state index in [-0.39, 0.29) is 12.3 Å². The highest BCUT2D eigenvalue weighted by atomic mass is 16.4. The third-order valence-electron chi connectivity index (χ3n) is 4.62. The number of hydrogen-bond acceptors (Lipinski definition) is 5. The van der Waals surface area contributed by atoms with Crippen LogP contribution >= 0.6 is 0 Å². The van der Waals surface area contributed by atoms with E-state index in [1.807, 2.05) is 0 Å². The van der Waals surface area contributed by atoms with Gasteiger partial charge in [-0.15, -0.1) is 0 Å². The highest BCUT2D eigenvalue weighted by molar-refractivity contribution is 6.06. The van der Waals surface area contributed by atoms with Crippen molar-refractivity contribution in [3.05, 3.63) is 39.7 Å². The third-order valence-corrected chi connectivity index (χ3v) is 4.62. The summed E-state index contributed by atoms with van der Waals surface area (Å²) in [6.45, 7) is 3.56. The van der Waals surface area contributed by atoms with Crippen molar-refractivity contribution in [2.24, 2.45) is 0 Å². The van der Waals surface area contributed by atoms with Gasteiger partial charge in [-0.3, -0.25) is 14.5 Å². The summed E-state index contributed by atoms with van der Waals surface area (Å²) in [4.78, 5) is 50.0. The van der Waals surface area contributed by atoms with Crippen molar-refractivity contribution in [2.45, 2.75) is 26.3 Å². The quantitative estimate of drug-likeness (QED) is 0.665. The number of benzene rings is 1. The number of nitrogens with one attached hydrogen (secondary N) is 1. The molecular formula is C18H19N3O5. The molecular weight excluding hydrogens is 338 g/mol. The Morgan fingerprint density at radius 1 is 1.12 bits per heavy atom. The number of hydrogen-bond donors (Lipinski definition) is 1. The molecule has 1 unspecified atom stereocenters. The van der Waals surface area contributed by atoms with Crippen LogP contribution in [0.1, 0.15) is 17.5 Å². The largest absolute Gasteiger partial charge is 0.423 e. The standard InChI is InChI=1S/C18H19N3O5/c1-9-6-16(23)26-14-5-10(2)12(7-11(9)14)19-15(22)8-13-17(24)21(4)18(25)20(13)3/h5-7,13H,8H2,1-4H3,(H,19,22). The molecule has 0 spiro atoms. The van der Waals surface area contributed by atoms with Crippen LogP contribution in [0.5, 0.6) is 0 Å². The molecule has 0 aliphatic carbocycles. The molecule has 1 fully saturated rings. The Morgan fingerprint density at radius 3 is 2.42 bits per heavy atom. The van der Waals surface area contributed by atoms with Gasteiger partial charge in [0.15, 0.2) is 0 Å². The maximum Gasteiger partial charge on any atom is 0.336 e. The summed E-state index contributed by atoms with van der Waals surface area (Å²) in [6, 6.07) is 3.56. The van der Waals surface area contributed by atoms with E-state index in [1.54, 1.807) is 26.0 Å². The summed E-state index contributed by atoms with van der Waals surface area (Å²) >= 11 is 0. The van der Waals surface area contributed by atoms with Gasteiger partial charge in [0.25, 0.3) is 5.91 Å². The molecule has 1 atom stereocenters. The van der Waals surface area contributed by atoms with Crippen LogP contribution in [-0.2, 0) is 9.59 Å². The molecule has 1 N–H and O–H groups in total. The summed E-state index contributed by atoms with van der Waals surface area (Å²) in [6.07, 6.45) is -0.133. The van der Waals surface area contributed by atoms with Crippen molar-refractivity contribution in [3.8, 4) is 0 Å². The van der Waals surface area contributed by atoms with Gasteiger partial charge in [0.05, 0.1) is 6.42 Å². The van der Waals surface area contributed by atoms with Gasteiger partial charge in [0, 0.05) is 31.2 Å². The molecule has 2 aromatic rings. The van der Waals surface area contributed by atoms with E-state index in [2.05, 4.69) is 5.32 Å². The van der Waals surface area contributed by atoms with Crippen molar-refractivity contribution in [2.75, 3.05) is 19.4 Å². The van der Waals surface area contributed by atoms with Crippen molar-refractivity contribution in [1.82, 2.24) is 9.80 Å². The Bertz CT molecular complexity index is 994. The number of carbonyl (C=O) groups excluding carboxylic acids is 3. The second kappa shape index (κ2) is 6.29. The number of likely N-dealkylation sites (N-methyl/N-ethyl adjacent to an activating group) is 2. The van der Waals surface area contributed by atoms with E-state index in [9.17, 15) is 19.2 Å². The van der Waals surface area contributed by atoms with Gasteiger partial charge in [-0.25, -0.2) is 9.59 Å². The van der Waals surface area contributed by atoms with Crippen LogP contribution in [0.25, 0.3) is 11.0 Å². The third kappa shape index (κ3) is 2.94. The van der Waals surface area contributed by atoms with Crippen molar-refractivity contribution >= 4 is 34.5 Å². The monoisotopic (exact) mass is 357 g/mol. The van der Waals surface area contributed by atoms with E-state index >= 15 is 0 Å². The van der Waals surface area contributed by atoms with Gasteiger partial charge in [-0.05, 0) is 37.1 Å². The number of amides is 4. The van der Waals surface area contributed by atoms with E-state index < -0.39 is 23.6 Å². The zero-order valence-corrected chi connectivity index (χ0v) is 15.0. The Kier molecular flexibility index (Phi) is 4.27. The van der Waals surface area contributed by atoms with Gasteiger partial charge in [0.1, 0.15) is 11.6 Å². The predicted octanol–water partition coefficient (Wildman–Crippen LogP) is 1.63. The van der Waals surface area contributed by atoms with E-state index in [1.165, 1.54) is 25.1 Å². The zero-order valence-electron chi connectivity index (χ0n) is 15.0. The van der Waals surface area contributed by atoms with Gasteiger partial charge in [0.2, 0.25) is 5.91 Å². The molecule has 26 heavy (non-hydrogen) atoms. The van der Waals surface area contributed by atoms with Crippen molar-refractivity contribution in [1.29, 1.82) is 0 Å². The summed E-state index contributed by atoms with van der Waals surface area (Å²) in [5, 5.41) is 3.49. The Balaban J connectivity index is 1.84. The van der Waals surface area contributed by atoms with Crippen molar-refractivity contribution < 1.29 is 18.8 Å². The fourth-order valence-electron chi connectivity index (χ4n) is 3.06. The average Bonchev–Trinajstić information content (AvgIpc) is 2.74. The lowest BCUT2D eigenvalue weighted by molar-refractivity contribution is -0.129. The number of anilines is 1. The highest BCUT2D eigenvalue weighted by Crippen LogP contribution is 2.25. The molecule has 1 aromatic heterocycles. The fourth-order valence-corrected chi connectivity index (χ4v) is 3.06. The number of imide groups is 1. The van der Waals surface area contributed by atoms with Crippen LogP contribution in [-0.4, -0.2) is 47.8 Å². The van der Waals surface area contributed by atoms with Crippen LogP contribution in [0.3, 0.4) is 0 Å². The second-order valence-corrected chi connectivity index (χ2v) is 6.47. The Morgan fingerprint density at radius 2 is 1.81 bits per heavy atom. The topological polar surface area (TPSA) is 99.9 Å². The first kappa shape index (κ1) is 17.7. The highest BCUT2D eigenvalue weighted by Gasteiger charge is 2.41. The number of nitrogens with zero attached hydrogens (tertiary/aromatic N) is 2. The molecule has 1 saturated heterocycles. The number of fused-ring (bicyclic) bond motifs is 1. The van der Waals surface area contributed by atoms with Gasteiger partial charge in [-0.2, -0.15) is 0 Å². The van der Waals surface area contributed by atoms with Crippen LogP contribution in [0, 0.1) is 13.8 Å². The summed E-state index contributed by atoms with van der Waals surface area (Å²) in [5.41, 5.74) is 2.04. The van der Waals surface area contributed by atoms with E-state index in [0.717, 1.165) is 21.4 Å². The molecule has 8 heteroatoms. The molecule has 4 amide bonds. The minimum Gasteiger partial charge on any atom is -0.423 e. The van der Waals surface area contributed by atoms with Crippen LogP contribution in [0.4, 0.5) is 10.5 Å². The van der Waals surface area contributed by atoms with Crippen LogP contribution < -0.4 is 10.9 Å². The Hall–Kier alpha value is -3.16. The van der Waals surface area contributed by atoms with Crippen LogP contribution in [0.2, 0.25) is 0 Å². The minimum atomic E-state index is -0.812. The first-order valence-corrected chi connectivity index (χ1v) is 8.08. The maximum atomic E-state index is 12.4. The minimum absolute atomic E-state index is 0.133. The maximum absolute atomic E-state index is 12.4. The lowest BCUT2D eigenvalue weighted by Gasteiger charge is -2.16. The average molecular weight is 357 g/mol. The Labute approximate surface area is 149 Å². The summed E-state index contributed by atoms with van der Waals surface area (Å²) < 4.78 is 5.18.